The molecule has 1 saturated heterocycles. The van der Waals surface area contributed by atoms with E-state index in [0.717, 1.165) is 19.3 Å². The zero-order chi connectivity index (χ0) is 12.0. The van der Waals surface area contributed by atoms with Gasteiger partial charge in [0.1, 0.15) is 0 Å². The number of amides is 1. The fraction of sp³-hybridized carbons (Fsp3) is 0.900. The lowest BCUT2D eigenvalue weighted by atomic mass is 10.1. The molecule has 0 aliphatic carbocycles. The van der Waals surface area contributed by atoms with E-state index in [0.29, 0.717) is 19.4 Å². The number of carbonyl (C=O) groups excluding carboxylic acids is 1. The normalized spacial score (nSPS) is 23.9. The van der Waals surface area contributed by atoms with Crippen molar-refractivity contribution >= 4 is 15.7 Å². The van der Waals surface area contributed by atoms with Gasteiger partial charge in [-0.2, -0.15) is 0 Å². The van der Waals surface area contributed by atoms with Gasteiger partial charge in [0.05, 0.1) is 11.5 Å². The smallest absolute Gasteiger partial charge is 0.220 e. The van der Waals surface area contributed by atoms with Gasteiger partial charge in [0.2, 0.25) is 5.91 Å². The van der Waals surface area contributed by atoms with Crippen LogP contribution >= 0.6 is 0 Å². The van der Waals surface area contributed by atoms with Gasteiger partial charge in [-0.25, -0.2) is 8.42 Å². The Morgan fingerprint density at radius 3 is 2.75 bits per heavy atom. The summed E-state index contributed by atoms with van der Waals surface area (Å²) in [5, 5.41) is 2.77. The van der Waals surface area contributed by atoms with Crippen LogP contribution < -0.4 is 11.1 Å². The van der Waals surface area contributed by atoms with E-state index < -0.39 is 9.84 Å². The van der Waals surface area contributed by atoms with Gasteiger partial charge >= 0.3 is 0 Å². The lowest BCUT2D eigenvalue weighted by Gasteiger charge is -2.22. The Morgan fingerprint density at radius 2 is 2.12 bits per heavy atom. The molecule has 1 heterocycles. The van der Waals surface area contributed by atoms with E-state index in [4.69, 9.17) is 5.73 Å². The molecule has 6 heteroatoms. The third-order valence-electron chi connectivity index (χ3n) is 2.69. The molecule has 0 bridgehead atoms. The summed E-state index contributed by atoms with van der Waals surface area (Å²) in [6.07, 6.45) is 3.45. The first-order valence-corrected chi connectivity index (χ1v) is 7.55. The summed E-state index contributed by atoms with van der Waals surface area (Å²) in [6.45, 7) is 0.588. The molecule has 1 aliphatic rings. The first-order valence-electron chi connectivity index (χ1n) is 5.73. The lowest BCUT2D eigenvalue weighted by Crippen LogP contribution is -2.43. The fourth-order valence-electron chi connectivity index (χ4n) is 1.87. The molecule has 0 aromatic heterocycles. The molecule has 1 unspecified atom stereocenters. The predicted octanol–water partition coefficient (Wildman–Crippen LogP) is -0.191. The maximum atomic E-state index is 11.5. The number of nitrogens with one attached hydrogen (secondary N) is 1. The molecule has 0 spiro atoms. The molecule has 94 valence electrons. The molecular weight excluding hydrogens is 228 g/mol. The highest BCUT2D eigenvalue weighted by Crippen LogP contribution is 2.12. The van der Waals surface area contributed by atoms with Crippen molar-refractivity contribution in [1.29, 1.82) is 0 Å². The van der Waals surface area contributed by atoms with Crippen LogP contribution in [0.25, 0.3) is 0 Å². The molecule has 0 aromatic rings. The van der Waals surface area contributed by atoms with Crippen LogP contribution in [-0.4, -0.2) is 38.4 Å². The summed E-state index contributed by atoms with van der Waals surface area (Å²) in [7, 11) is -2.94. The molecule has 1 aliphatic heterocycles. The van der Waals surface area contributed by atoms with Crippen molar-refractivity contribution in [1.82, 2.24) is 5.32 Å². The van der Waals surface area contributed by atoms with Gasteiger partial charge in [-0.1, -0.05) is 0 Å². The Bertz CT molecular complexity index is 327. The third kappa shape index (κ3) is 4.94. The quantitative estimate of drug-likeness (QED) is 0.660. The van der Waals surface area contributed by atoms with Gasteiger partial charge in [0, 0.05) is 12.5 Å². The minimum atomic E-state index is -2.94. The third-order valence-corrected chi connectivity index (χ3v) is 4.51. The van der Waals surface area contributed by atoms with E-state index in [1.54, 1.807) is 0 Å². The minimum absolute atomic E-state index is 0.0597. The molecule has 0 radical (unpaired) electrons. The highest BCUT2D eigenvalue weighted by Gasteiger charge is 2.25. The average molecular weight is 248 g/mol. The number of rotatable bonds is 5. The van der Waals surface area contributed by atoms with Crippen LogP contribution in [0.5, 0.6) is 0 Å². The number of hydrogen-bond acceptors (Lipinski definition) is 4. The van der Waals surface area contributed by atoms with E-state index in [9.17, 15) is 13.2 Å². The molecular formula is C10H20N2O3S. The Balaban J connectivity index is 2.28. The average Bonchev–Trinajstić information content (AvgIpc) is 2.16. The van der Waals surface area contributed by atoms with Gasteiger partial charge in [0.15, 0.2) is 9.84 Å². The van der Waals surface area contributed by atoms with E-state index in [2.05, 4.69) is 5.32 Å². The molecule has 5 nitrogen and oxygen atoms in total. The largest absolute Gasteiger partial charge is 0.352 e. The lowest BCUT2D eigenvalue weighted by molar-refractivity contribution is -0.121. The van der Waals surface area contributed by atoms with Gasteiger partial charge in [-0.15, -0.1) is 0 Å². The number of nitrogens with two attached hydrogens (primary N) is 1. The number of hydrogen-bond donors (Lipinski definition) is 2. The fourth-order valence-corrected chi connectivity index (χ4v) is 3.50. The summed E-state index contributed by atoms with van der Waals surface area (Å²) < 4.78 is 22.7. The second kappa shape index (κ2) is 6.20. The van der Waals surface area contributed by atoms with Crippen LogP contribution in [-0.2, 0) is 14.6 Å². The van der Waals surface area contributed by atoms with Crippen molar-refractivity contribution in [3.63, 3.8) is 0 Å². The van der Waals surface area contributed by atoms with Crippen molar-refractivity contribution in [2.75, 3.05) is 18.1 Å². The van der Waals surface area contributed by atoms with Gasteiger partial charge in [-0.3, -0.25) is 4.79 Å². The topological polar surface area (TPSA) is 89.3 Å². The Labute approximate surface area is 96.7 Å². The SMILES string of the molecule is NCCCCC(=O)NC1CCCS(=O)(=O)C1. The van der Waals surface area contributed by atoms with Crippen LogP contribution in [0, 0.1) is 0 Å². The highest BCUT2D eigenvalue weighted by molar-refractivity contribution is 7.91. The van der Waals surface area contributed by atoms with Crippen molar-refractivity contribution in [2.24, 2.45) is 5.73 Å². The Hall–Kier alpha value is -0.620. The minimum Gasteiger partial charge on any atom is -0.352 e. The molecule has 16 heavy (non-hydrogen) atoms. The Kier molecular flexibility index (Phi) is 5.21. The van der Waals surface area contributed by atoms with Crippen molar-refractivity contribution in [3.8, 4) is 0 Å². The van der Waals surface area contributed by atoms with Crippen LogP contribution in [0.15, 0.2) is 0 Å². The molecule has 1 atom stereocenters. The zero-order valence-corrected chi connectivity index (χ0v) is 10.3. The summed E-state index contributed by atoms with van der Waals surface area (Å²) in [4.78, 5) is 11.5. The second-order valence-corrected chi connectivity index (χ2v) is 6.50. The standard InChI is InChI=1S/C10H20N2O3S/c11-6-2-1-5-10(13)12-9-4-3-7-16(14,15)8-9/h9H,1-8,11H2,(H,12,13). The van der Waals surface area contributed by atoms with E-state index >= 15 is 0 Å². The summed E-state index contributed by atoms with van der Waals surface area (Å²) >= 11 is 0. The second-order valence-electron chi connectivity index (χ2n) is 4.27. The number of sulfone groups is 1. The molecule has 1 rings (SSSR count). The highest BCUT2D eigenvalue weighted by atomic mass is 32.2. The van der Waals surface area contributed by atoms with Gasteiger partial charge in [-0.05, 0) is 32.2 Å². The van der Waals surface area contributed by atoms with Gasteiger partial charge < -0.3 is 11.1 Å². The summed E-state index contributed by atoms with van der Waals surface area (Å²) in [6, 6.07) is -0.191. The van der Waals surface area contributed by atoms with E-state index in [1.807, 2.05) is 0 Å². The zero-order valence-electron chi connectivity index (χ0n) is 9.44. The maximum absolute atomic E-state index is 11.5. The number of unbranched alkanes of at least 4 members (excludes halogenated alkanes) is 1. The predicted molar refractivity (Wildman–Crippen MR) is 62.7 cm³/mol. The van der Waals surface area contributed by atoms with Crippen molar-refractivity contribution in [3.05, 3.63) is 0 Å². The first kappa shape index (κ1) is 13.4. The molecule has 1 fully saturated rings. The Morgan fingerprint density at radius 1 is 1.38 bits per heavy atom. The number of carbonyl (C=O) groups is 1. The van der Waals surface area contributed by atoms with Crippen LogP contribution in [0.1, 0.15) is 32.1 Å². The molecule has 0 saturated carbocycles. The van der Waals surface area contributed by atoms with E-state index in [-0.39, 0.29) is 23.5 Å². The maximum Gasteiger partial charge on any atom is 0.220 e. The first-order chi connectivity index (χ1) is 7.53. The molecule has 1 amide bonds. The molecule has 0 aromatic carbocycles. The van der Waals surface area contributed by atoms with E-state index in [1.165, 1.54) is 0 Å². The van der Waals surface area contributed by atoms with Crippen LogP contribution in [0.2, 0.25) is 0 Å². The summed E-state index contributed by atoms with van der Waals surface area (Å²) in [5.74, 6) is 0.290. The van der Waals surface area contributed by atoms with Gasteiger partial charge in [0.25, 0.3) is 0 Å². The van der Waals surface area contributed by atoms with Crippen LogP contribution in [0.4, 0.5) is 0 Å². The van der Waals surface area contributed by atoms with Crippen molar-refractivity contribution < 1.29 is 13.2 Å². The summed E-state index contributed by atoms with van der Waals surface area (Å²) in [5.41, 5.74) is 5.32. The molecule has 3 N–H and O–H groups in total. The monoisotopic (exact) mass is 248 g/mol. The van der Waals surface area contributed by atoms with Crippen LogP contribution in [0.3, 0.4) is 0 Å². The van der Waals surface area contributed by atoms with Crippen molar-refractivity contribution in [2.45, 2.75) is 38.1 Å².